The average molecular weight is 859 g/mol. The normalized spacial score (nSPS) is 9.17. The second-order valence-corrected chi connectivity index (χ2v) is 14.2. The van der Waals surface area contributed by atoms with E-state index in [0.29, 0.717) is 6.26 Å². The van der Waals surface area contributed by atoms with Gasteiger partial charge in [-0.2, -0.15) is 8.42 Å². The fourth-order valence-electron chi connectivity index (χ4n) is 4.51. The fourth-order valence-corrected chi connectivity index (χ4v) is 4.57. The van der Waals surface area contributed by atoms with Crippen LogP contribution in [0.15, 0.2) is 146 Å². The minimum Gasteiger partial charge on any atom is -0.286 e. The van der Waals surface area contributed by atoms with Crippen LogP contribution in [0.3, 0.4) is 0 Å². The Hall–Kier alpha value is -4.54. The first-order valence-electron chi connectivity index (χ1n) is 20.5. The Bertz CT molecular complexity index is 1610. The van der Waals surface area contributed by atoms with Crippen LogP contribution in [-0.2, 0) is 19.5 Å². The zero-order valence-electron chi connectivity index (χ0n) is 39.2. The molecule has 8 heteroatoms. The first-order chi connectivity index (χ1) is 28.7. The van der Waals surface area contributed by atoms with E-state index in [9.17, 15) is 8.42 Å². The first kappa shape index (κ1) is 59.8. The number of aryl methyl sites for hydroxylation is 6. The van der Waals surface area contributed by atoms with Gasteiger partial charge < -0.3 is 0 Å². The van der Waals surface area contributed by atoms with Gasteiger partial charge in [0, 0.05) is 18.3 Å². The third kappa shape index (κ3) is 30.5. The minimum absolute atomic E-state index is 0.715. The molecule has 0 unspecified atom stereocenters. The van der Waals surface area contributed by atoms with Crippen LogP contribution in [0.4, 0.5) is 0 Å². The van der Waals surface area contributed by atoms with Gasteiger partial charge >= 0.3 is 0 Å². The summed E-state index contributed by atoms with van der Waals surface area (Å²) >= 11 is 0.929. The summed E-state index contributed by atoms with van der Waals surface area (Å²) < 4.78 is 29.7. The van der Waals surface area contributed by atoms with E-state index in [-0.39, 0.29) is 0 Å². The molecule has 0 bridgehead atoms. The zero-order chi connectivity index (χ0) is 46.5. The highest BCUT2D eigenvalue weighted by Crippen LogP contribution is 2.22. The first-order valence-corrected chi connectivity index (χ1v) is 23.5. The summed E-state index contributed by atoms with van der Waals surface area (Å²) in [6.07, 6.45) is 2.34. The van der Waals surface area contributed by atoms with Crippen molar-refractivity contribution in [3.05, 3.63) is 179 Å². The van der Waals surface area contributed by atoms with Gasteiger partial charge in [0.25, 0.3) is 10.1 Å². The Labute approximate surface area is 369 Å². The molecular weight excluding hydrogens is 785 g/mol. The molecule has 0 fully saturated rings. The molecule has 6 nitrogen and oxygen atoms in total. The Balaban J connectivity index is -0.000000680. The van der Waals surface area contributed by atoms with E-state index >= 15 is 0 Å². The summed E-state index contributed by atoms with van der Waals surface area (Å²) in [4.78, 5) is 0. The van der Waals surface area contributed by atoms with Gasteiger partial charge in [0.05, 0.1) is 6.26 Å². The summed E-state index contributed by atoms with van der Waals surface area (Å²) in [5.41, 5.74) is 15.6. The maximum Gasteiger partial charge on any atom is 0.261 e. The van der Waals surface area contributed by atoms with E-state index < -0.39 is 10.1 Å². The molecular formula is C52H74O6S2. The molecule has 60 heavy (non-hydrogen) atoms. The lowest BCUT2D eigenvalue weighted by atomic mass is 10.0. The highest BCUT2D eigenvalue weighted by molar-refractivity contribution is 7.93. The molecule has 0 aliphatic carbocycles. The predicted octanol–water partition coefficient (Wildman–Crippen LogP) is 16.2. The highest BCUT2D eigenvalue weighted by Gasteiger charge is 1.98. The van der Waals surface area contributed by atoms with E-state index in [0.717, 1.165) is 12.0 Å². The van der Waals surface area contributed by atoms with E-state index in [1.165, 1.54) is 66.8 Å². The monoisotopic (exact) mass is 858 g/mol. The summed E-state index contributed by atoms with van der Waals surface area (Å²) in [5, 5.41) is 10.5. The number of hydrogen-bond acceptors (Lipinski definition) is 6. The molecule has 0 atom stereocenters. The number of benzene rings is 6. The summed E-state index contributed by atoms with van der Waals surface area (Å²) in [6, 6.07) is 51.8. The van der Waals surface area contributed by atoms with Crippen molar-refractivity contribution in [3.8, 4) is 33.4 Å². The Kier molecular flexibility index (Phi) is 37.3. The molecule has 0 saturated carbocycles. The van der Waals surface area contributed by atoms with E-state index in [2.05, 4.69) is 197 Å². The van der Waals surface area contributed by atoms with Crippen LogP contribution in [-0.4, -0.2) is 30.7 Å². The molecule has 0 amide bonds. The van der Waals surface area contributed by atoms with Gasteiger partial charge in [0.2, 0.25) is 0 Å². The van der Waals surface area contributed by atoms with Crippen molar-refractivity contribution in [2.45, 2.75) is 96.9 Å². The molecule has 0 aromatic heterocycles. The second kappa shape index (κ2) is 37.5. The largest absolute Gasteiger partial charge is 0.286 e. The summed E-state index contributed by atoms with van der Waals surface area (Å²) in [6.45, 7) is 28.7. The number of rotatable bonds is 5. The second-order valence-electron chi connectivity index (χ2n) is 12.2. The van der Waals surface area contributed by atoms with E-state index in [4.69, 9.17) is 9.81 Å². The summed E-state index contributed by atoms with van der Waals surface area (Å²) in [7, 11) is -3.67. The highest BCUT2D eigenvalue weighted by atomic mass is 32.2. The van der Waals surface area contributed by atoms with Crippen molar-refractivity contribution in [2.75, 3.05) is 12.5 Å². The van der Waals surface area contributed by atoms with Crippen LogP contribution < -0.4 is 0 Å². The lowest BCUT2D eigenvalue weighted by Gasteiger charge is -2.02. The van der Waals surface area contributed by atoms with Crippen LogP contribution >= 0.6 is 12.0 Å². The van der Waals surface area contributed by atoms with Gasteiger partial charge in [0.1, 0.15) is 0 Å². The molecule has 6 aromatic carbocycles. The molecule has 0 aliphatic heterocycles. The van der Waals surface area contributed by atoms with Crippen molar-refractivity contribution in [3.63, 3.8) is 0 Å². The van der Waals surface area contributed by atoms with Crippen LogP contribution in [0.2, 0.25) is 0 Å². The molecule has 0 heterocycles. The van der Waals surface area contributed by atoms with Crippen LogP contribution in [0.25, 0.3) is 33.4 Å². The van der Waals surface area contributed by atoms with E-state index in [1.54, 1.807) is 6.26 Å². The van der Waals surface area contributed by atoms with Crippen LogP contribution in [0.1, 0.15) is 88.8 Å². The van der Waals surface area contributed by atoms with Gasteiger partial charge in [-0.05, 0) is 74.9 Å². The molecule has 0 saturated heterocycles. The van der Waals surface area contributed by atoms with Gasteiger partial charge in [-0.25, -0.2) is 5.26 Å². The molecule has 0 aliphatic rings. The van der Waals surface area contributed by atoms with Crippen molar-refractivity contribution in [1.82, 2.24) is 0 Å². The lowest BCUT2D eigenvalue weighted by Crippen LogP contribution is -1.88. The number of hydrogen-bond donors (Lipinski definition) is 2. The molecule has 0 radical (unpaired) electrons. The molecule has 6 aromatic rings. The van der Waals surface area contributed by atoms with Crippen molar-refractivity contribution < 1.29 is 27.6 Å². The summed E-state index contributed by atoms with van der Waals surface area (Å²) in [5.74, 6) is 0. The third-order valence-corrected chi connectivity index (χ3v) is 7.60. The molecule has 0 spiro atoms. The lowest BCUT2D eigenvalue weighted by molar-refractivity contribution is -0.432. The topological polar surface area (TPSA) is 93.1 Å². The van der Waals surface area contributed by atoms with Crippen molar-refractivity contribution in [1.29, 1.82) is 0 Å². The fraction of sp³-hybridized carbons (Fsp3) is 0.308. The zero-order valence-corrected chi connectivity index (χ0v) is 40.8. The van der Waals surface area contributed by atoms with E-state index in [1.807, 2.05) is 55.4 Å². The van der Waals surface area contributed by atoms with Gasteiger partial charge in [-0.1, -0.05) is 239 Å². The van der Waals surface area contributed by atoms with Gasteiger partial charge in [-0.3, -0.25) is 4.55 Å². The average Bonchev–Trinajstić information content (AvgIpc) is 3.26. The van der Waals surface area contributed by atoms with Crippen molar-refractivity contribution in [2.24, 2.45) is 0 Å². The predicted molar refractivity (Wildman–Crippen MR) is 265 cm³/mol. The Morgan fingerprint density at radius 2 is 0.483 bits per heavy atom. The van der Waals surface area contributed by atoms with Gasteiger partial charge in [-0.15, -0.1) is 4.33 Å². The third-order valence-electron chi connectivity index (χ3n) is 7.41. The maximum absolute atomic E-state index is 9.19. The Morgan fingerprint density at radius 3 is 0.550 bits per heavy atom. The quantitative estimate of drug-likeness (QED) is 0.0772. The Morgan fingerprint density at radius 1 is 0.367 bits per heavy atom. The molecule has 330 valence electrons. The molecule has 6 rings (SSSR count). The van der Waals surface area contributed by atoms with Crippen LogP contribution in [0, 0.1) is 41.5 Å². The maximum atomic E-state index is 9.19. The SMILES string of the molecule is CC.CC.CC.CC.CS(=O)(=O)O.CSOOO.Cc1ccc(-c2ccc(C)cc2)cc1.Cc1ccc(-c2ccc(C)cc2)cc1.Cc1ccc(-c2ccc(C)cc2)cc1. The standard InChI is InChI=1S/3C14H14.4C2H6.2CH4O3S/c3*1-11-3-7-13(8-4-11)14-9-5-12(2)6-10-14;4*1-2;1-5(2,3)4;1-5-4-3-2/h3*3-10H,1-2H3;4*1-2H3;1H3,(H,2,3,4);2H,1H3. The van der Waals surface area contributed by atoms with Gasteiger partial charge in [0.15, 0.2) is 0 Å². The smallest absolute Gasteiger partial charge is 0.261 e. The van der Waals surface area contributed by atoms with Crippen LogP contribution in [0.5, 0.6) is 0 Å². The minimum atomic E-state index is -3.67. The molecule has 2 N–H and O–H groups in total. The van der Waals surface area contributed by atoms with Crippen molar-refractivity contribution >= 4 is 22.2 Å².